The maximum Gasteiger partial charge on any atom is 0.250 e. The molecule has 0 bridgehead atoms. The number of carbonyl (C=O) groups excluding carboxylic acids is 1. The summed E-state index contributed by atoms with van der Waals surface area (Å²) in [5, 5.41) is 0.985. The lowest BCUT2D eigenvalue weighted by atomic mass is 9.92. The smallest absolute Gasteiger partial charge is 0.250 e. The van der Waals surface area contributed by atoms with E-state index in [1.165, 1.54) is 0 Å². The van der Waals surface area contributed by atoms with Gasteiger partial charge in [-0.3, -0.25) is 4.79 Å². The number of fused-ring (bicyclic) bond motifs is 1. The zero-order valence-corrected chi connectivity index (χ0v) is 13.2. The number of nitrogens with two attached hydrogens (primary N) is 3. The van der Waals surface area contributed by atoms with E-state index in [4.69, 9.17) is 17.2 Å². The van der Waals surface area contributed by atoms with Gasteiger partial charge in [-0.1, -0.05) is 18.2 Å². The summed E-state index contributed by atoms with van der Waals surface area (Å²) in [6, 6.07) is 9.41. The molecular formula is C18H20N4O. The summed E-state index contributed by atoms with van der Waals surface area (Å²) in [7, 11) is 0. The van der Waals surface area contributed by atoms with Gasteiger partial charge in [0.15, 0.2) is 0 Å². The van der Waals surface area contributed by atoms with Gasteiger partial charge in [-0.2, -0.15) is 0 Å². The van der Waals surface area contributed by atoms with Crippen LogP contribution in [-0.2, 0) is 6.54 Å². The zero-order valence-electron chi connectivity index (χ0n) is 13.2. The molecule has 3 aromatic rings. The molecule has 5 nitrogen and oxygen atoms in total. The van der Waals surface area contributed by atoms with Crippen LogP contribution in [0.25, 0.3) is 22.0 Å². The van der Waals surface area contributed by atoms with E-state index in [0.29, 0.717) is 17.8 Å². The molecule has 23 heavy (non-hydrogen) atoms. The van der Waals surface area contributed by atoms with Crippen molar-refractivity contribution >= 4 is 22.5 Å². The van der Waals surface area contributed by atoms with Crippen molar-refractivity contribution in [1.82, 2.24) is 4.98 Å². The Morgan fingerprint density at radius 3 is 2.52 bits per heavy atom. The highest BCUT2D eigenvalue weighted by molar-refractivity contribution is 6.11. The monoisotopic (exact) mass is 308 g/mol. The summed E-state index contributed by atoms with van der Waals surface area (Å²) in [6.07, 6.45) is 0. The molecule has 0 unspecified atom stereocenters. The fourth-order valence-electron chi connectivity index (χ4n) is 3.11. The van der Waals surface area contributed by atoms with Crippen molar-refractivity contribution in [2.75, 3.05) is 5.73 Å². The van der Waals surface area contributed by atoms with E-state index in [1.807, 2.05) is 38.1 Å². The van der Waals surface area contributed by atoms with E-state index in [1.54, 1.807) is 6.07 Å². The summed E-state index contributed by atoms with van der Waals surface area (Å²) in [5.41, 5.74) is 24.4. The second-order valence-electron chi connectivity index (χ2n) is 5.73. The standard InChI is InChI=1S/C18H20N4O/c1-9-10(2)22-17-13(18(21)23)7-6-12(16(9)17)11-4-3-5-15(20)14(11)8-19/h3-7,22H,8,19-20H2,1-2H3,(H2,21,23). The van der Waals surface area contributed by atoms with Gasteiger partial charge in [0, 0.05) is 23.3 Å². The molecule has 0 spiro atoms. The van der Waals surface area contributed by atoms with Crippen LogP contribution in [0.3, 0.4) is 0 Å². The number of aryl methyl sites for hydroxylation is 2. The first-order valence-corrected chi connectivity index (χ1v) is 7.45. The van der Waals surface area contributed by atoms with Gasteiger partial charge in [-0.05, 0) is 48.2 Å². The normalized spacial score (nSPS) is 11.1. The van der Waals surface area contributed by atoms with Gasteiger partial charge in [0.05, 0.1) is 11.1 Å². The number of nitrogens with one attached hydrogen (secondary N) is 1. The molecule has 0 radical (unpaired) electrons. The highest BCUT2D eigenvalue weighted by Gasteiger charge is 2.18. The molecule has 118 valence electrons. The number of H-pyrrole nitrogens is 1. The maximum atomic E-state index is 11.7. The van der Waals surface area contributed by atoms with Crippen LogP contribution in [0.5, 0.6) is 0 Å². The van der Waals surface area contributed by atoms with E-state index in [0.717, 1.165) is 38.9 Å². The third-order valence-electron chi connectivity index (χ3n) is 4.43. The zero-order chi connectivity index (χ0) is 16.7. The molecule has 7 N–H and O–H groups in total. The fraction of sp³-hybridized carbons (Fsp3) is 0.167. The maximum absolute atomic E-state index is 11.7. The van der Waals surface area contributed by atoms with Crippen LogP contribution < -0.4 is 17.2 Å². The lowest BCUT2D eigenvalue weighted by molar-refractivity contribution is 0.100. The minimum atomic E-state index is -0.450. The topological polar surface area (TPSA) is 111 Å². The molecule has 0 atom stereocenters. The molecule has 1 amide bonds. The molecular weight excluding hydrogens is 288 g/mol. The third-order valence-corrected chi connectivity index (χ3v) is 4.43. The van der Waals surface area contributed by atoms with Crippen LogP contribution in [0.4, 0.5) is 5.69 Å². The first-order chi connectivity index (χ1) is 11.0. The molecule has 0 aliphatic carbocycles. The largest absolute Gasteiger partial charge is 0.398 e. The lowest BCUT2D eigenvalue weighted by Gasteiger charge is -2.13. The van der Waals surface area contributed by atoms with Gasteiger partial charge in [-0.25, -0.2) is 0 Å². The van der Waals surface area contributed by atoms with Crippen LogP contribution in [-0.4, -0.2) is 10.9 Å². The number of hydrogen-bond acceptors (Lipinski definition) is 3. The molecule has 2 aromatic carbocycles. The number of carbonyl (C=O) groups is 1. The number of hydrogen-bond donors (Lipinski definition) is 4. The Balaban J connectivity index is 2.43. The second-order valence-corrected chi connectivity index (χ2v) is 5.73. The van der Waals surface area contributed by atoms with E-state index < -0.39 is 5.91 Å². The Labute approximate surface area is 134 Å². The number of rotatable bonds is 3. The van der Waals surface area contributed by atoms with Crippen LogP contribution in [0.15, 0.2) is 30.3 Å². The van der Waals surface area contributed by atoms with Crippen LogP contribution >= 0.6 is 0 Å². The lowest BCUT2D eigenvalue weighted by Crippen LogP contribution is -2.11. The van der Waals surface area contributed by atoms with Crippen molar-refractivity contribution < 1.29 is 4.79 Å². The van der Waals surface area contributed by atoms with E-state index >= 15 is 0 Å². The van der Waals surface area contributed by atoms with Crippen molar-refractivity contribution in [3.8, 4) is 11.1 Å². The van der Waals surface area contributed by atoms with Crippen LogP contribution in [0.2, 0.25) is 0 Å². The SMILES string of the molecule is Cc1[nH]c2c(C(N)=O)ccc(-c3cccc(N)c3CN)c2c1C. The second kappa shape index (κ2) is 5.44. The van der Waals surface area contributed by atoms with Gasteiger partial charge >= 0.3 is 0 Å². The number of aromatic nitrogens is 1. The minimum Gasteiger partial charge on any atom is -0.398 e. The minimum absolute atomic E-state index is 0.351. The fourth-order valence-corrected chi connectivity index (χ4v) is 3.11. The van der Waals surface area contributed by atoms with Crippen molar-refractivity contribution in [3.63, 3.8) is 0 Å². The molecule has 0 saturated heterocycles. The Hall–Kier alpha value is -2.79. The first-order valence-electron chi connectivity index (χ1n) is 7.45. The quantitative estimate of drug-likeness (QED) is 0.558. The highest BCUT2D eigenvalue weighted by atomic mass is 16.1. The molecule has 0 aliphatic rings. The summed E-state index contributed by atoms with van der Waals surface area (Å²) < 4.78 is 0. The number of benzene rings is 2. The van der Waals surface area contributed by atoms with E-state index in [9.17, 15) is 4.79 Å². The summed E-state index contributed by atoms with van der Waals surface area (Å²) >= 11 is 0. The molecule has 1 heterocycles. The molecule has 0 saturated carbocycles. The van der Waals surface area contributed by atoms with Crippen LogP contribution in [0.1, 0.15) is 27.2 Å². The Kier molecular flexibility index (Phi) is 3.58. The number of anilines is 1. The molecule has 0 fully saturated rings. The molecule has 5 heteroatoms. The van der Waals surface area contributed by atoms with Gasteiger partial charge in [0.25, 0.3) is 5.91 Å². The molecule has 3 rings (SSSR count). The first kappa shape index (κ1) is 15.1. The van der Waals surface area contributed by atoms with E-state index in [2.05, 4.69) is 4.98 Å². The van der Waals surface area contributed by atoms with Crippen molar-refractivity contribution in [2.45, 2.75) is 20.4 Å². The van der Waals surface area contributed by atoms with Crippen molar-refractivity contribution in [3.05, 3.63) is 52.7 Å². The molecule has 0 aliphatic heterocycles. The number of amides is 1. The van der Waals surface area contributed by atoms with Gasteiger partial charge in [0.1, 0.15) is 0 Å². The highest BCUT2D eigenvalue weighted by Crippen LogP contribution is 2.37. The molecule has 1 aromatic heterocycles. The van der Waals surface area contributed by atoms with Crippen LogP contribution in [0, 0.1) is 13.8 Å². The third kappa shape index (κ3) is 2.26. The Morgan fingerprint density at radius 2 is 1.87 bits per heavy atom. The van der Waals surface area contributed by atoms with Gasteiger partial charge in [-0.15, -0.1) is 0 Å². The predicted octanol–water partition coefficient (Wildman–Crippen LogP) is 2.59. The average Bonchev–Trinajstić information content (AvgIpc) is 2.81. The summed E-state index contributed by atoms with van der Waals surface area (Å²) in [4.78, 5) is 15.0. The average molecular weight is 308 g/mol. The Morgan fingerprint density at radius 1 is 1.13 bits per heavy atom. The Bertz CT molecular complexity index is 924. The van der Waals surface area contributed by atoms with Crippen molar-refractivity contribution in [1.29, 1.82) is 0 Å². The number of aromatic amines is 1. The predicted molar refractivity (Wildman–Crippen MR) is 94.0 cm³/mol. The number of nitrogen functional groups attached to an aromatic ring is 1. The van der Waals surface area contributed by atoms with E-state index in [-0.39, 0.29) is 0 Å². The summed E-state index contributed by atoms with van der Waals surface area (Å²) in [5.74, 6) is -0.450. The van der Waals surface area contributed by atoms with Gasteiger partial charge in [0.2, 0.25) is 0 Å². The van der Waals surface area contributed by atoms with Gasteiger partial charge < -0.3 is 22.2 Å². The summed E-state index contributed by atoms with van der Waals surface area (Å²) in [6.45, 7) is 4.35. The number of primary amides is 1. The van der Waals surface area contributed by atoms with Crippen molar-refractivity contribution in [2.24, 2.45) is 11.5 Å².